The highest BCUT2D eigenvalue weighted by atomic mass is 16.5. The van der Waals surface area contributed by atoms with Gasteiger partial charge >= 0.3 is 5.97 Å². The zero-order valence-corrected chi connectivity index (χ0v) is 9.38. The van der Waals surface area contributed by atoms with E-state index in [4.69, 9.17) is 4.74 Å². The zero-order valence-electron chi connectivity index (χ0n) is 9.38. The van der Waals surface area contributed by atoms with Crippen LogP contribution in [0.3, 0.4) is 0 Å². The Hall–Kier alpha value is -1.05. The Labute approximate surface area is 86.6 Å². The molecule has 0 saturated heterocycles. The van der Waals surface area contributed by atoms with Crippen LogP contribution in [0.1, 0.15) is 40.0 Å². The lowest BCUT2D eigenvalue weighted by Gasteiger charge is -2.01. The summed E-state index contributed by atoms with van der Waals surface area (Å²) in [5.41, 5.74) is 0.669. The summed E-state index contributed by atoms with van der Waals surface area (Å²) in [5.74, 6) is -0.212. The van der Waals surface area contributed by atoms with Gasteiger partial charge in [0.05, 0.1) is 6.61 Å². The Morgan fingerprint density at radius 2 is 1.93 bits per heavy atom. The third-order valence-electron chi connectivity index (χ3n) is 1.89. The van der Waals surface area contributed by atoms with E-state index in [2.05, 4.69) is 19.1 Å². The van der Waals surface area contributed by atoms with Crippen LogP contribution in [0.15, 0.2) is 23.8 Å². The van der Waals surface area contributed by atoms with Gasteiger partial charge in [-0.15, -0.1) is 0 Å². The Morgan fingerprint density at radius 3 is 2.50 bits per heavy atom. The van der Waals surface area contributed by atoms with Gasteiger partial charge in [-0.3, -0.25) is 0 Å². The molecule has 0 aliphatic carbocycles. The summed E-state index contributed by atoms with van der Waals surface area (Å²) in [5, 5.41) is 0. The average molecular weight is 196 g/mol. The van der Waals surface area contributed by atoms with Gasteiger partial charge in [-0.2, -0.15) is 0 Å². The van der Waals surface area contributed by atoms with E-state index in [0.29, 0.717) is 12.2 Å². The topological polar surface area (TPSA) is 26.3 Å². The van der Waals surface area contributed by atoms with Gasteiger partial charge in [-0.1, -0.05) is 31.6 Å². The minimum Gasteiger partial charge on any atom is -0.462 e. The number of rotatable bonds is 6. The second kappa shape index (κ2) is 8.54. The summed E-state index contributed by atoms with van der Waals surface area (Å²) in [4.78, 5) is 11.1. The number of ether oxygens (including phenoxy) is 1. The molecule has 0 saturated carbocycles. The Kier molecular flexibility index (Phi) is 7.90. The molecule has 0 aromatic heterocycles. The molecule has 80 valence electrons. The van der Waals surface area contributed by atoms with E-state index in [1.807, 2.05) is 6.92 Å². The predicted molar refractivity (Wildman–Crippen MR) is 59.1 cm³/mol. The molecule has 0 unspecified atom stereocenters. The number of unbranched alkanes of at least 4 members (excludes halogenated alkanes) is 1. The lowest BCUT2D eigenvalue weighted by molar-refractivity contribution is -0.138. The summed E-state index contributed by atoms with van der Waals surface area (Å²) >= 11 is 0. The van der Waals surface area contributed by atoms with Gasteiger partial charge in [-0.05, 0) is 26.7 Å². The maximum absolute atomic E-state index is 11.1. The molecule has 0 aromatic carbocycles. The standard InChI is InChI=1S/C12H20O2/c1-4-6-7-8-9-10-14-12(13)11(3)5-2/h5,7-8H,4,6,9-10H2,1-3H3/b8-7-,11-5-. The second-order valence-corrected chi connectivity index (χ2v) is 3.16. The lowest BCUT2D eigenvalue weighted by Crippen LogP contribution is -2.06. The van der Waals surface area contributed by atoms with Crippen molar-refractivity contribution in [2.24, 2.45) is 0 Å². The van der Waals surface area contributed by atoms with Gasteiger partial charge < -0.3 is 4.74 Å². The minimum atomic E-state index is -0.212. The average Bonchev–Trinajstić information content (AvgIpc) is 2.21. The highest BCUT2D eigenvalue weighted by Crippen LogP contribution is 1.97. The first kappa shape index (κ1) is 12.9. The van der Waals surface area contributed by atoms with Crippen molar-refractivity contribution in [3.8, 4) is 0 Å². The fraction of sp³-hybridized carbons (Fsp3) is 0.583. The maximum Gasteiger partial charge on any atom is 0.333 e. The van der Waals surface area contributed by atoms with Crippen LogP contribution >= 0.6 is 0 Å². The van der Waals surface area contributed by atoms with Gasteiger partial charge in [0.1, 0.15) is 0 Å². The smallest absolute Gasteiger partial charge is 0.333 e. The predicted octanol–water partition coefficient (Wildman–Crippen LogP) is 3.24. The van der Waals surface area contributed by atoms with Crippen molar-refractivity contribution in [2.75, 3.05) is 6.61 Å². The highest BCUT2D eigenvalue weighted by molar-refractivity contribution is 5.87. The van der Waals surface area contributed by atoms with Crippen molar-refractivity contribution < 1.29 is 9.53 Å². The van der Waals surface area contributed by atoms with Crippen molar-refractivity contribution in [1.82, 2.24) is 0 Å². The highest BCUT2D eigenvalue weighted by Gasteiger charge is 2.02. The largest absolute Gasteiger partial charge is 0.462 e. The number of allylic oxidation sites excluding steroid dienone is 2. The summed E-state index contributed by atoms with van der Waals surface area (Å²) in [7, 11) is 0. The molecule has 0 amide bonds. The maximum atomic E-state index is 11.1. The Morgan fingerprint density at radius 1 is 1.29 bits per heavy atom. The number of carbonyl (C=O) groups is 1. The van der Waals surface area contributed by atoms with Crippen molar-refractivity contribution in [3.63, 3.8) is 0 Å². The minimum absolute atomic E-state index is 0.212. The SMILES string of the molecule is C/C=C(/C)C(=O)OCC/C=C\CCC. The number of hydrogen-bond acceptors (Lipinski definition) is 2. The van der Waals surface area contributed by atoms with E-state index in [1.54, 1.807) is 13.0 Å². The lowest BCUT2D eigenvalue weighted by atomic mass is 10.3. The molecule has 0 bridgehead atoms. The zero-order chi connectivity index (χ0) is 10.8. The molecule has 14 heavy (non-hydrogen) atoms. The number of esters is 1. The van der Waals surface area contributed by atoms with Crippen molar-refractivity contribution in [3.05, 3.63) is 23.8 Å². The molecular weight excluding hydrogens is 176 g/mol. The van der Waals surface area contributed by atoms with Crippen molar-refractivity contribution >= 4 is 5.97 Å². The summed E-state index contributed by atoms with van der Waals surface area (Å²) in [6.45, 7) is 6.21. The van der Waals surface area contributed by atoms with Crippen LogP contribution in [0.25, 0.3) is 0 Å². The van der Waals surface area contributed by atoms with Crippen molar-refractivity contribution in [1.29, 1.82) is 0 Å². The summed E-state index contributed by atoms with van der Waals surface area (Å²) in [6, 6.07) is 0. The van der Waals surface area contributed by atoms with E-state index >= 15 is 0 Å². The monoisotopic (exact) mass is 196 g/mol. The molecule has 0 N–H and O–H groups in total. The normalized spacial score (nSPS) is 12.1. The van der Waals surface area contributed by atoms with Crippen LogP contribution < -0.4 is 0 Å². The molecule has 0 aliphatic heterocycles. The first-order chi connectivity index (χ1) is 6.72. The molecule has 0 radical (unpaired) electrons. The third kappa shape index (κ3) is 6.46. The second-order valence-electron chi connectivity index (χ2n) is 3.16. The number of hydrogen-bond donors (Lipinski definition) is 0. The van der Waals surface area contributed by atoms with E-state index in [1.165, 1.54) is 0 Å². The van der Waals surface area contributed by atoms with Crippen molar-refractivity contribution in [2.45, 2.75) is 40.0 Å². The van der Waals surface area contributed by atoms with Crippen LogP contribution in [-0.2, 0) is 9.53 Å². The van der Waals surface area contributed by atoms with Crippen LogP contribution in [0, 0.1) is 0 Å². The Balaban J connectivity index is 3.50. The van der Waals surface area contributed by atoms with Crippen LogP contribution in [0.2, 0.25) is 0 Å². The summed E-state index contributed by atoms with van der Waals surface area (Å²) < 4.78 is 5.02. The fourth-order valence-corrected chi connectivity index (χ4v) is 0.854. The first-order valence-electron chi connectivity index (χ1n) is 5.17. The first-order valence-corrected chi connectivity index (χ1v) is 5.17. The fourth-order valence-electron chi connectivity index (χ4n) is 0.854. The van der Waals surface area contributed by atoms with Gasteiger partial charge in [0, 0.05) is 5.57 Å². The molecule has 0 atom stereocenters. The van der Waals surface area contributed by atoms with E-state index in [9.17, 15) is 4.79 Å². The van der Waals surface area contributed by atoms with Crippen LogP contribution in [0.4, 0.5) is 0 Å². The molecule has 0 aromatic rings. The molecule has 2 nitrogen and oxygen atoms in total. The molecule has 0 aliphatic rings. The molecular formula is C12H20O2. The van der Waals surface area contributed by atoms with Crippen LogP contribution in [-0.4, -0.2) is 12.6 Å². The van der Waals surface area contributed by atoms with E-state index in [0.717, 1.165) is 19.3 Å². The van der Waals surface area contributed by atoms with Gasteiger partial charge in [0.15, 0.2) is 0 Å². The summed E-state index contributed by atoms with van der Waals surface area (Å²) in [6.07, 6.45) is 9.01. The Bertz CT molecular complexity index is 214. The van der Waals surface area contributed by atoms with Gasteiger partial charge in [0.2, 0.25) is 0 Å². The molecule has 0 fully saturated rings. The third-order valence-corrected chi connectivity index (χ3v) is 1.89. The van der Waals surface area contributed by atoms with E-state index < -0.39 is 0 Å². The van der Waals surface area contributed by atoms with Gasteiger partial charge in [-0.25, -0.2) is 4.79 Å². The number of carbonyl (C=O) groups excluding carboxylic acids is 1. The quantitative estimate of drug-likeness (QED) is 0.282. The van der Waals surface area contributed by atoms with Crippen LogP contribution in [0.5, 0.6) is 0 Å². The van der Waals surface area contributed by atoms with Gasteiger partial charge in [0.25, 0.3) is 0 Å². The molecule has 0 spiro atoms. The molecule has 0 heterocycles. The van der Waals surface area contributed by atoms with E-state index in [-0.39, 0.29) is 5.97 Å². The molecule has 0 rings (SSSR count). The molecule has 2 heteroatoms.